The van der Waals surface area contributed by atoms with E-state index in [1.54, 1.807) is 0 Å². The molecule has 0 spiro atoms. The average molecular weight is 437 g/mol. The Labute approximate surface area is 166 Å². The number of hydrogen-bond acceptors (Lipinski definition) is 5. The molecule has 0 saturated carbocycles. The van der Waals surface area contributed by atoms with Crippen molar-refractivity contribution in [2.45, 2.75) is 20.1 Å². The van der Waals surface area contributed by atoms with E-state index >= 15 is 0 Å². The van der Waals surface area contributed by atoms with E-state index < -0.39 is 4.92 Å². The predicted octanol–water partition coefficient (Wildman–Crippen LogP) is 3.84. The van der Waals surface area contributed by atoms with Crippen molar-refractivity contribution < 1.29 is 19.2 Å². The molecule has 0 heterocycles. The molecule has 1 amide bonds. The van der Waals surface area contributed by atoms with Crippen molar-refractivity contribution in [2.24, 2.45) is 0 Å². The van der Waals surface area contributed by atoms with Gasteiger partial charge in [-0.15, -0.1) is 0 Å². The summed E-state index contributed by atoms with van der Waals surface area (Å²) in [5, 5.41) is 13.8. The maximum absolute atomic E-state index is 12.3. The van der Waals surface area contributed by atoms with Crippen LogP contribution in [-0.2, 0) is 22.6 Å². The Kier molecular flexibility index (Phi) is 8.38. The summed E-state index contributed by atoms with van der Waals surface area (Å²) in [5.74, 6) is -0.371. The van der Waals surface area contributed by atoms with Gasteiger partial charge in [-0.25, -0.2) is 0 Å². The maximum atomic E-state index is 12.3. The van der Waals surface area contributed by atoms with Gasteiger partial charge in [0.05, 0.1) is 29.2 Å². The second-order valence-corrected chi connectivity index (χ2v) is 6.53. The van der Waals surface area contributed by atoms with Crippen LogP contribution in [0.15, 0.2) is 46.9 Å². The lowest BCUT2D eigenvalue weighted by Gasteiger charge is -2.09. The van der Waals surface area contributed by atoms with Gasteiger partial charge in [0.2, 0.25) is 0 Å². The second kappa shape index (κ2) is 10.8. The van der Waals surface area contributed by atoms with Crippen LogP contribution in [0.25, 0.3) is 0 Å². The zero-order valence-electron chi connectivity index (χ0n) is 14.9. The summed E-state index contributed by atoms with van der Waals surface area (Å²) in [7, 11) is 0. The number of rotatable bonds is 10. The zero-order chi connectivity index (χ0) is 19.6. The van der Waals surface area contributed by atoms with Gasteiger partial charge in [0, 0.05) is 24.8 Å². The fourth-order valence-corrected chi connectivity index (χ4v) is 2.75. The van der Waals surface area contributed by atoms with E-state index in [0.29, 0.717) is 37.4 Å². The third-order valence-corrected chi connectivity index (χ3v) is 4.36. The first-order valence-electron chi connectivity index (χ1n) is 8.46. The zero-order valence-corrected chi connectivity index (χ0v) is 16.5. The Hall–Kier alpha value is -2.29. The van der Waals surface area contributed by atoms with Crippen molar-refractivity contribution in [1.82, 2.24) is 5.32 Å². The standard InChI is InChI=1S/C19H21BrN2O5/c1-2-26-8-9-27-13-15-5-3-4-14(10-15)12-21-19(23)16-6-7-17(20)18(11-16)22(24)25/h3-7,10-11H,2,8-9,12-13H2,1H3,(H,21,23). The topological polar surface area (TPSA) is 90.7 Å². The number of nitrogens with one attached hydrogen (secondary N) is 1. The molecule has 7 nitrogen and oxygen atoms in total. The lowest BCUT2D eigenvalue weighted by molar-refractivity contribution is -0.385. The van der Waals surface area contributed by atoms with Gasteiger partial charge in [-0.2, -0.15) is 0 Å². The summed E-state index contributed by atoms with van der Waals surface area (Å²) in [4.78, 5) is 22.7. The molecule has 1 N–H and O–H groups in total. The molecule has 0 aliphatic heterocycles. The molecule has 0 saturated heterocycles. The van der Waals surface area contributed by atoms with Gasteiger partial charge in [0.1, 0.15) is 0 Å². The number of ether oxygens (including phenoxy) is 2. The molecule has 8 heteroatoms. The Bertz CT molecular complexity index is 797. The minimum absolute atomic E-state index is 0.145. The minimum Gasteiger partial charge on any atom is -0.379 e. The molecule has 0 fully saturated rings. The summed E-state index contributed by atoms with van der Waals surface area (Å²) in [6.07, 6.45) is 0. The van der Waals surface area contributed by atoms with Crippen LogP contribution in [0.4, 0.5) is 5.69 Å². The van der Waals surface area contributed by atoms with E-state index in [4.69, 9.17) is 9.47 Å². The first kappa shape index (κ1) is 21.0. The molecular weight excluding hydrogens is 416 g/mol. The number of hydrogen-bond donors (Lipinski definition) is 1. The molecule has 2 aromatic rings. The van der Waals surface area contributed by atoms with Gasteiger partial charge >= 0.3 is 0 Å². The van der Waals surface area contributed by atoms with Crippen LogP contribution in [0.1, 0.15) is 28.4 Å². The number of carbonyl (C=O) groups is 1. The molecule has 0 atom stereocenters. The highest BCUT2D eigenvalue weighted by atomic mass is 79.9. The smallest absolute Gasteiger partial charge is 0.284 e. The van der Waals surface area contributed by atoms with Crippen molar-refractivity contribution in [3.63, 3.8) is 0 Å². The van der Waals surface area contributed by atoms with Crippen LogP contribution in [-0.4, -0.2) is 30.7 Å². The number of nitro groups is 1. The Morgan fingerprint density at radius 1 is 1.15 bits per heavy atom. The van der Waals surface area contributed by atoms with E-state index in [1.165, 1.54) is 18.2 Å². The lowest BCUT2D eigenvalue weighted by Crippen LogP contribution is -2.23. The van der Waals surface area contributed by atoms with E-state index in [0.717, 1.165) is 11.1 Å². The Morgan fingerprint density at radius 2 is 1.89 bits per heavy atom. The van der Waals surface area contributed by atoms with Crippen LogP contribution in [0.3, 0.4) is 0 Å². The predicted molar refractivity (Wildman–Crippen MR) is 105 cm³/mol. The van der Waals surface area contributed by atoms with Crippen LogP contribution >= 0.6 is 15.9 Å². The van der Waals surface area contributed by atoms with E-state index in [-0.39, 0.29) is 17.2 Å². The third-order valence-electron chi connectivity index (χ3n) is 3.69. The monoisotopic (exact) mass is 436 g/mol. The van der Waals surface area contributed by atoms with E-state index in [9.17, 15) is 14.9 Å². The first-order chi connectivity index (χ1) is 13.0. The van der Waals surface area contributed by atoms with Gasteiger partial charge in [-0.05, 0) is 46.1 Å². The number of amides is 1. The van der Waals surface area contributed by atoms with E-state index in [1.807, 2.05) is 31.2 Å². The van der Waals surface area contributed by atoms with Gasteiger partial charge in [-0.1, -0.05) is 24.3 Å². The van der Waals surface area contributed by atoms with Gasteiger partial charge in [0.15, 0.2) is 0 Å². The number of nitrogens with zero attached hydrogens (tertiary/aromatic N) is 1. The minimum atomic E-state index is -0.532. The molecule has 144 valence electrons. The number of benzene rings is 2. The molecule has 0 bridgehead atoms. The fraction of sp³-hybridized carbons (Fsp3) is 0.316. The van der Waals surface area contributed by atoms with Crippen LogP contribution < -0.4 is 5.32 Å². The molecule has 0 unspecified atom stereocenters. The van der Waals surface area contributed by atoms with Crippen LogP contribution in [0.5, 0.6) is 0 Å². The molecule has 27 heavy (non-hydrogen) atoms. The Morgan fingerprint density at radius 3 is 2.63 bits per heavy atom. The van der Waals surface area contributed by atoms with Crippen molar-refractivity contribution in [2.75, 3.05) is 19.8 Å². The quantitative estimate of drug-likeness (QED) is 0.347. The SMILES string of the molecule is CCOCCOCc1cccc(CNC(=O)c2ccc(Br)c([N+](=O)[O-])c2)c1. The van der Waals surface area contributed by atoms with Crippen LogP contribution in [0, 0.1) is 10.1 Å². The van der Waals surface area contributed by atoms with Crippen LogP contribution in [0.2, 0.25) is 0 Å². The Balaban J connectivity index is 1.90. The molecule has 2 aromatic carbocycles. The summed E-state index contributed by atoms with van der Waals surface area (Å²) in [6.45, 7) is 4.47. The average Bonchev–Trinajstić information content (AvgIpc) is 2.66. The molecular formula is C19H21BrN2O5. The summed E-state index contributed by atoms with van der Waals surface area (Å²) < 4.78 is 11.1. The highest BCUT2D eigenvalue weighted by Crippen LogP contribution is 2.25. The second-order valence-electron chi connectivity index (χ2n) is 5.68. The molecule has 0 aliphatic rings. The van der Waals surface area contributed by atoms with Crippen molar-refractivity contribution in [3.8, 4) is 0 Å². The van der Waals surface area contributed by atoms with Gasteiger partial charge in [0.25, 0.3) is 11.6 Å². The van der Waals surface area contributed by atoms with Crippen molar-refractivity contribution in [1.29, 1.82) is 0 Å². The van der Waals surface area contributed by atoms with Crippen molar-refractivity contribution >= 4 is 27.5 Å². The van der Waals surface area contributed by atoms with Gasteiger partial charge < -0.3 is 14.8 Å². The highest BCUT2D eigenvalue weighted by molar-refractivity contribution is 9.10. The fourth-order valence-electron chi connectivity index (χ4n) is 2.36. The summed E-state index contributed by atoms with van der Waals surface area (Å²) in [6, 6.07) is 12.0. The first-order valence-corrected chi connectivity index (χ1v) is 9.26. The molecule has 2 rings (SSSR count). The van der Waals surface area contributed by atoms with E-state index in [2.05, 4.69) is 21.2 Å². The van der Waals surface area contributed by atoms with Gasteiger partial charge in [-0.3, -0.25) is 14.9 Å². The summed E-state index contributed by atoms with van der Waals surface area (Å²) >= 11 is 3.11. The molecule has 0 aromatic heterocycles. The maximum Gasteiger partial charge on any atom is 0.284 e. The molecule has 0 radical (unpaired) electrons. The number of nitro benzene ring substituents is 1. The summed E-state index contributed by atoms with van der Waals surface area (Å²) in [5.41, 5.74) is 2.01. The number of halogens is 1. The lowest BCUT2D eigenvalue weighted by atomic mass is 10.1. The molecule has 0 aliphatic carbocycles. The third kappa shape index (κ3) is 6.74. The highest BCUT2D eigenvalue weighted by Gasteiger charge is 2.15. The largest absolute Gasteiger partial charge is 0.379 e. The van der Waals surface area contributed by atoms with Crippen molar-refractivity contribution in [3.05, 3.63) is 73.7 Å². The normalized spacial score (nSPS) is 10.6. The number of carbonyl (C=O) groups excluding carboxylic acids is 1.